The number of hydrogen-bond donors (Lipinski definition) is 1. The first-order valence-electron chi connectivity index (χ1n) is 7.00. The van der Waals surface area contributed by atoms with E-state index in [4.69, 9.17) is 15.2 Å². The number of anilines is 1. The summed E-state index contributed by atoms with van der Waals surface area (Å²) in [5, 5.41) is 0. The first kappa shape index (κ1) is 14.7. The van der Waals surface area contributed by atoms with E-state index in [9.17, 15) is 0 Å². The fourth-order valence-corrected chi connectivity index (χ4v) is 2.18. The molecule has 110 valence electrons. The third-order valence-corrected chi connectivity index (χ3v) is 3.11. The van der Waals surface area contributed by atoms with Gasteiger partial charge in [-0.05, 0) is 24.5 Å². The number of ether oxygens (including phenoxy) is 2. The summed E-state index contributed by atoms with van der Waals surface area (Å²) in [5.41, 5.74) is 7.82. The molecule has 0 amide bonds. The number of nitrogen functional groups attached to an aromatic ring is 1. The average Bonchev–Trinajstić information content (AvgIpc) is 2.74. The third-order valence-electron chi connectivity index (χ3n) is 3.11. The Morgan fingerprint density at radius 1 is 1.35 bits per heavy atom. The summed E-state index contributed by atoms with van der Waals surface area (Å²) in [7, 11) is 1.64. The highest BCUT2D eigenvalue weighted by Gasteiger charge is 2.11. The number of benzene rings is 1. The quantitative estimate of drug-likeness (QED) is 0.790. The van der Waals surface area contributed by atoms with Crippen LogP contribution < -0.4 is 10.5 Å². The van der Waals surface area contributed by atoms with Crippen LogP contribution in [0.1, 0.15) is 20.3 Å². The predicted molar refractivity (Wildman–Crippen MR) is 81.0 cm³/mol. The Kier molecular flexibility index (Phi) is 4.84. The Morgan fingerprint density at radius 2 is 2.15 bits per heavy atom. The topological polar surface area (TPSA) is 62.3 Å². The molecule has 1 heterocycles. The summed E-state index contributed by atoms with van der Waals surface area (Å²) in [6.07, 6.45) is 0.916. The van der Waals surface area contributed by atoms with Crippen molar-refractivity contribution in [2.45, 2.75) is 26.8 Å². The van der Waals surface area contributed by atoms with Crippen LogP contribution in [0.2, 0.25) is 0 Å². The summed E-state index contributed by atoms with van der Waals surface area (Å²) in [5.74, 6) is 1.84. The molecule has 0 bridgehead atoms. The van der Waals surface area contributed by atoms with E-state index in [2.05, 4.69) is 18.8 Å². The number of fused-ring (bicyclic) bond motifs is 1. The van der Waals surface area contributed by atoms with E-state index in [1.54, 1.807) is 7.11 Å². The molecule has 0 saturated heterocycles. The monoisotopic (exact) mass is 277 g/mol. The van der Waals surface area contributed by atoms with Gasteiger partial charge in [0.15, 0.2) is 0 Å². The van der Waals surface area contributed by atoms with Crippen molar-refractivity contribution in [2.75, 3.05) is 26.1 Å². The highest BCUT2D eigenvalue weighted by Crippen LogP contribution is 2.26. The van der Waals surface area contributed by atoms with Gasteiger partial charge in [0.2, 0.25) is 5.95 Å². The summed E-state index contributed by atoms with van der Waals surface area (Å²) in [6, 6.07) is 5.86. The number of rotatable bonds is 7. The van der Waals surface area contributed by atoms with Crippen LogP contribution >= 0.6 is 0 Å². The van der Waals surface area contributed by atoms with Crippen molar-refractivity contribution >= 4 is 17.0 Å². The lowest BCUT2D eigenvalue weighted by atomic mass is 10.2. The minimum Gasteiger partial charge on any atom is -0.494 e. The second kappa shape index (κ2) is 6.61. The zero-order valence-corrected chi connectivity index (χ0v) is 12.4. The predicted octanol–water partition coefficient (Wildman–Crippen LogP) is 2.69. The van der Waals surface area contributed by atoms with Crippen LogP contribution in [0.3, 0.4) is 0 Å². The van der Waals surface area contributed by atoms with Crippen molar-refractivity contribution in [3.05, 3.63) is 18.2 Å². The van der Waals surface area contributed by atoms with Crippen molar-refractivity contribution in [1.82, 2.24) is 9.55 Å². The largest absolute Gasteiger partial charge is 0.494 e. The molecular formula is C15H23N3O2. The molecule has 0 saturated carbocycles. The second-order valence-corrected chi connectivity index (χ2v) is 5.27. The highest BCUT2D eigenvalue weighted by molar-refractivity contribution is 5.84. The SMILES string of the molecule is COc1cccc2c1nc(N)n2CCCOCC(C)C. The van der Waals surface area contributed by atoms with E-state index in [-0.39, 0.29) is 0 Å². The smallest absolute Gasteiger partial charge is 0.201 e. The number of methoxy groups -OCH3 is 1. The average molecular weight is 277 g/mol. The van der Waals surface area contributed by atoms with E-state index in [1.807, 2.05) is 22.8 Å². The standard InChI is InChI=1S/C15H23N3O2/c1-11(2)10-20-9-5-8-18-12-6-4-7-13(19-3)14(12)17-15(18)16/h4,6-7,11H,5,8-10H2,1-3H3,(H2,16,17). The molecule has 0 unspecified atom stereocenters. The van der Waals surface area contributed by atoms with Crippen LogP contribution in [0.25, 0.3) is 11.0 Å². The van der Waals surface area contributed by atoms with Gasteiger partial charge >= 0.3 is 0 Å². The molecule has 2 N–H and O–H groups in total. The van der Waals surface area contributed by atoms with Gasteiger partial charge < -0.3 is 19.8 Å². The van der Waals surface area contributed by atoms with Gasteiger partial charge in [0, 0.05) is 19.8 Å². The first-order valence-corrected chi connectivity index (χ1v) is 7.00. The Hall–Kier alpha value is -1.75. The summed E-state index contributed by atoms with van der Waals surface area (Å²) in [4.78, 5) is 4.39. The fraction of sp³-hybridized carbons (Fsp3) is 0.533. The number of nitrogens with zero attached hydrogens (tertiary/aromatic N) is 2. The van der Waals surface area contributed by atoms with Crippen molar-refractivity contribution in [1.29, 1.82) is 0 Å². The first-order chi connectivity index (χ1) is 9.63. The van der Waals surface area contributed by atoms with Gasteiger partial charge in [-0.2, -0.15) is 0 Å². The number of aromatic nitrogens is 2. The zero-order valence-electron chi connectivity index (χ0n) is 12.4. The Morgan fingerprint density at radius 3 is 2.85 bits per heavy atom. The van der Waals surface area contributed by atoms with Crippen LogP contribution in [-0.4, -0.2) is 29.9 Å². The van der Waals surface area contributed by atoms with Gasteiger partial charge in [-0.15, -0.1) is 0 Å². The molecule has 0 radical (unpaired) electrons. The number of imidazole rings is 1. The summed E-state index contributed by atoms with van der Waals surface area (Å²) >= 11 is 0. The molecule has 0 aliphatic rings. The Labute approximate surface area is 119 Å². The number of aryl methyl sites for hydroxylation is 1. The summed E-state index contributed by atoms with van der Waals surface area (Å²) in [6.45, 7) is 6.63. The zero-order chi connectivity index (χ0) is 14.5. The molecule has 1 aromatic heterocycles. The second-order valence-electron chi connectivity index (χ2n) is 5.27. The normalized spacial score (nSPS) is 11.4. The van der Waals surface area contributed by atoms with E-state index in [0.717, 1.165) is 43.0 Å². The van der Waals surface area contributed by atoms with Crippen molar-refractivity contribution < 1.29 is 9.47 Å². The van der Waals surface area contributed by atoms with Crippen LogP contribution in [0.4, 0.5) is 5.95 Å². The Balaban J connectivity index is 2.05. The fourth-order valence-electron chi connectivity index (χ4n) is 2.18. The van der Waals surface area contributed by atoms with Crippen LogP contribution in [0.15, 0.2) is 18.2 Å². The van der Waals surface area contributed by atoms with Crippen molar-refractivity contribution in [2.24, 2.45) is 5.92 Å². The van der Waals surface area contributed by atoms with Gasteiger partial charge in [-0.25, -0.2) is 4.98 Å². The molecule has 2 rings (SSSR count). The van der Waals surface area contributed by atoms with Crippen molar-refractivity contribution in [3.63, 3.8) is 0 Å². The van der Waals surface area contributed by atoms with Crippen LogP contribution in [0.5, 0.6) is 5.75 Å². The lowest BCUT2D eigenvalue weighted by molar-refractivity contribution is 0.105. The molecule has 0 fully saturated rings. The minimum absolute atomic E-state index is 0.522. The molecule has 0 atom stereocenters. The Bertz CT molecular complexity index is 563. The van der Waals surface area contributed by atoms with Gasteiger partial charge in [-0.3, -0.25) is 0 Å². The van der Waals surface area contributed by atoms with Gasteiger partial charge in [0.25, 0.3) is 0 Å². The molecule has 0 aliphatic heterocycles. The van der Waals surface area contributed by atoms with Crippen molar-refractivity contribution in [3.8, 4) is 5.75 Å². The maximum atomic E-state index is 6.00. The molecule has 5 nitrogen and oxygen atoms in total. The van der Waals surface area contributed by atoms with E-state index in [0.29, 0.717) is 11.9 Å². The molecule has 0 spiro atoms. The molecule has 5 heteroatoms. The van der Waals surface area contributed by atoms with E-state index < -0.39 is 0 Å². The number of hydrogen-bond acceptors (Lipinski definition) is 4. The molecular weight excluding hydrogens is 254 g/mol. The minimum atomic E-state index is 0.522. The molecule has 0 aliphatic carbocycles. The van der Waals surface area contributed by atoms with Crippen LogP contribution in [-0.2, 0) is 11.3 Å². The molecule has 20 heavy (non-hydrogen) atoms. The van der Waals surface area contributed by atoms with E-state index in [1.165, 1.54) is 0 Å². The molecule has 2 aromatic rings. The lowest BCUT2D eigenvalue weighted by Gasteiger charge is -2.09. The molecule has 1 aromatic carbocycles. The maximum Gasteiger partial charge on any atom is 0.201 e. The van der Waals surface area contributed by atoms with Crippen LogP contribution in [0, 0.1) is 5.92 Å². The van der Waals surface area contributed by atoms with Gasteiger partial charge in [-0.1, -0.05) is 19.9 Å². The van der Waals surface area contributed by atoms with Gasteiger partial charge in [0.1, 0.15) is 11.3 Å². The van der Waals surface area contributed by atoms with Gasteiger partial charge in [0.05, 0.1) is 12.6 Å². The lowest BCUT2D eigenvalue weighted by Crippen LogP contribution is -2.08. The number of para-hydroxylation sites is 1. The highest BCUT2D eigenvalue weighted by atomic mass is 16.5. The third kappa shape index (κ3) is 3.22. The maximum absolute atomic E-state index is 6.00. The number of nitrogens with two attached hydrogens (primary N) is 1. The van der Waals surface area contributed by atoms with E-state index >= 15 is 0 Å². The summed E-state index contributed by atoms with van der Waals surface area (Å²) < 4.78 is 12.9.